The number of ether oxygens (including phenoxy) is 2. The Bertz CT molecular complexity index is 1280. The van der Waals surface area contributed by atoms with Gasteiger partial charge in [0.2, 0.25) is 0 Å². The van der Waals surface area contributed by atoms with E-state index >= 15 is 0 Å². The molecule has 1 aromatic heterocycles. The highest BCUT2D eigenvalue weighted by molar-refractivity contribution is 9.10. The van der Waals surface area contributed by atoms with Crippen molar-refractivity contribution in [3.05, 3.63) is 57.1 Å². The molecule has 186 valence electrons. The first-order valence-electron chi connectivity index (χ1n) is 10.5. The van der Waals surface area contributed by atoms with Gasteiger partial charge >= 0.3 is 11.8 Å². The molecule has 1 heterocycles. The maximum atomic E-state index is 14.3. The highest BCUT2D eigenvalue weighted by atomic mass is 79.9. The number of benzene rings is 2. The zero-order valence-electron chi connectivity index (χ0n) is 19.8. The van der Waals surface area contributed by atoms with E-state index in [0.29, 0.717) is 15.4 Å². The number of nitrogens with zero attached hydrogens (tertiary/aromatic N) is 3. The molecule has 12 heteroatoms. The topological polar surface area (TPSA) is 129 Å². The zero-order chi connectivity index (χ0) is 26.0. The summed E-state index contributed by atoms with van der Waals surface area (Å²) < 4.78 is 25.9. The second-order valence-electron chi connectivity index (χ2n) is 9.37. The van der Waals surface area contributed by atoms with Crippen molar-refractivity contribution < 1.29 is 23.6 Å². The monoisotopic (exact) mass is 549 g/mol. The van der Waals surface area contributed by atoms with Crippen molar-refractivity contribution >= 4 is 50.1 Å². The van der Waals surface area contributed by atoms with Crippen LogP contribution in [0.25, 0.3) is 10.9 Å². The average Bonchev–Trinajstić information content (AvgIpc) is 2.72. The standard InChI is InChI=1S/C23H25BrFN5O5/c1-22(2,3)35-21(31)29-23(4,5)11-34-19-10-17-14(9-18(19)30(32)33)20(27-12-26-17)28-16-7-6-13(24)8-15(16)25/h6-10,12H,11H2,1-5H3,(H,29,31)(H,26,27,28). The van der Waals surface area contributed by atoms with Gasteiger partial charge in [-0.1, -0.05) is 15.9 Å². The number of anilines is 2. The summed E-state index contributed by atoms with van der Waals surface area (Å²) in [6.45, 7) is 8.53. The molecule has 2 N–H and O–H groups in total. The minimum Gasteiger partial charge on any atom is -0.484 e. The smallest absolute Gasteiger partial charge is 0.408 e. The number of carbonyl (C=O) groups excluding carboxylic acids is 1. The predicted octanol–water partition coefficient (Wildman–Crippen LogP) is 5.87. The van der Waals surface area contributed by atoms with Crippen LogP contribution in [0.15, 0.2) is 41.1 Å². The summed E-state index contributed by atoms with van der Waals surface area (Å²) in [6.07, 6.45) is 0.619. The number of carbonyl (C=O) groups is 1. The van der Waals surface area contributed by atoms with Crippen LogP contribution in [0, 0.1) is 15.9 Å². The van der Waals surface area contributed by atoms with Crippen LogP contribution >= 0.6 is 15.9 Å². The number of nitrogens with one attached hydrogen (secondary N) is 2. The average molecular weight is 550 g/mol. The molecule has 0 aliphatic heterocycles. The van der Waals surface area contributed by atoms with Gasteiger partial charge in [0.05, 0.1) is 27.1 Å². The van der Waals surface area contributed by atoms with Crippen LogP contribution in [0.3, 0.4) is 0 Å². The van der Waals surface area contributed by atoms with E-state index < -0.39 is 28.0 Å². The molecule has 0 aliphatic rings. The molecule has 0 unspecified atom stereocenters. The highest BCUT2D eigenvalue weighted by Crippen LogP contribution is 2.35. The lowest BCUT2D eigenvalue weighted by molar-refractivity contribution is -0.385. The highest BCUT2D eigenvalue weighted by Gasteiger charge is 2.27. The molecule has 10 nitrogen and oxygen atoms in total. The Labute approximate surface area is 209 Å². The van der Waals surface area contributed by atoms with Crippen molar-refractivity contribution in [3.8, 4) is 5.75 Å². The normalized spacial score (nSPS) is 11.7. The molecular weight excluding hydrogens is 525 g/mol. The summed E-state index contributed by atoms with van der Waals surface area (Å²) in [6, 6.07) is 7.11. The minimum absolute atomic E-state index is 0.0407. The fraction of sp³-hybridized carbons (Fsp3) is 0.348. The second-order valence-corrected chi connectivity index (χ2v) is 10.3. The quantitative estimate of drug-likeness (QED) is 0.276. The largest absolute Gasteiger partial charge is 0.484 e. The van der Waals surface area contributed by atoms with Gasteiger partial charge in [0, 0.05) is 16.6 Å². The van der Waals surface area contributed by atoms with Gasteiger partial charge < -0.3 is 20.1 Å². The number of alkyl carbamates (subject to hydrolysis) is 1. The molecule has 3 rings (SSSR count). The van der Waals surface area contributed by atoms with E-state index in [0.717, 1.165) is 0 Å². The van der Waals surface area contributed by atoms with Crippen molar-refractivity contribution in [2.45, 2.75) is 45.8 Å². The summed E-state index contributed by atoms with van der Waals surface area (Å²) in [4.78, 5) is 31.6. The van der Waals surface area contributed by atoms with Crippen molar-refractivity contribution in [3.63, 3.8) is 0 Å². The Balaban J connectivity index is 1.88. The van der Waals surface area contributed by atoms with Crippen LogP contribution < -0.4 is 15.4 Å². The number of hydrogen-bond donors (Lipinski definition) is 2. The molecule has 0 atom stereocenters. The molecule has 0 saturated carbocycles. The fourth-order valence-corrected chi connectivity index (χ4v) is 3.36. The van der Waals surface area contributed by atoms with Gasteiger partial charge in [-0.2, -0.15) is 0 Å². The van der Waals surface area contributed by atoms with Gasteiger partial charge in [-0.25, -0.2) is 19.2 Å². The molecule has 0 bridgehead atoms. The first-order chi connectivity index (χ1) is 16.2. The fourth-order valence-electron chi connectivity index (χ4n) is 3.02. The number of nitro groups is 1. The molecular formula is C23H25BrFN5O5. The Kier molecular flexibility index (Phi) is 7.44. The van der Waals surface area contributed by atoms with Crippen LogP contribution in [0.4, 0.5) is 26.4 Å². The molecule has 35 heavy (non-hydrogen) atoms. The Morgan fingerprint density at radius 2 is 1.89 bits per heavy atom. The lowest BCUT2D eigenvalue weighted by atomic mass is 10.1. The molecule has 0 spiro atoms. The van der Waals surface area contributed by atoms with Gasteiger partial charge in [0.1, 0.15) is 30.2 Å². The van der Waals surface area contributed by atoms with E-state index in [9.17, 15) is 19.3 Å². The molecule has 3 aromatic rings. The lowest BCUT2D eigenvalue weighted by Crippen LogP contribution is -2.49. The lowest BCUT2D eigenvalue weighted by Gasteiger charge is -2.28. The number of nitro benzene ring substituents is 1. The van der Waals surface area contributed by atoms with Gasteiger partial charge in [-0.05, 0) is 52.8 Å². The van der Waals surface area contributed by atoms with Crippen LogP contribution in [0.1, 0.15) is 34.6 Å². The van der Waals surface area contributed by atoms with Gasteiger partial charge in [-0.15, -0.1) is 0 Å². The Morgan fingerprint density at radius 3 is 2.51 bits per heavy atom. The van der Waals surface area contributed by atoms with E-state index in [1.165, 1.54) is 30.6 Å². The Hall–Kier alpha value is -3.54. The minimum atomic E-state index is -0.900. The third kappa shape index (κ3) is 6.98. The molecule has 0 fully saturated rings. The third-order valence-corrected chi connectivity index (χ3v) is 5.02. The molecule has 2 aromatic carbocycles. The van der Waals surface area contributed by atoms with Crippen LogP contribution in [0.5, 0.6) is 5.75 Å². The number of rotatable bonds is 7. The molecule has 0 saturated heterocycles. The van der Waals surface area contributed by atoms with Crippen molar-refractivity contribution in [1.29, 1.82) is 0 Å². The van der Waals surface area contributed by atoms with E-state index in [2.05, 4.69) is 36.5 Å². The Morgan fingerprint density at radius 1 is 1.17 bits per heavy atom. The summed E-state index contributed by atoms with van der Waals surface area (Å²) in [5.41, 5.74) is -1.42. The van der Waals surface area contributed by atoms with Crippen LogP contribution in [-0.2, 0) is 4.74 Å². The SMILES string of the molecule is CC(C)(COc1cc2ncnc(Nc3ccc(Br)cc3F)c2cc1[N+](=O)[O-])NC(=O)OC(C)(C)C. The van der Waals surface area contributed by atoms with Crippen molar-refractivity contribution in [1.82, 2.24) is 15.3 Å². The van der Waals surface area contributed by atoms with Crippen molar-refractivity contribution in [2.24, 2.45) is 0 Å². The number of halogens is 2. The molecule has 1 amide bonds. The third-order valence-electron chi connectivity index (χ3n) is 4.52. The van der Waals surface area contributed by atoms with Crippen LogP contribution in [-0.4, -0.2) is 38.7 Å². The maximum absolute atomic E-state index is 14.3. The first kappa shape index (κ1) is 26.1. The van der Waals surface area contributed by atoms with E-state index in [4.69, 9.17) is 9.47 Å². The summed E-state index contributed by atoms with van der Waals surface area (Å²) in [7, 11) is 0. The first-order valence-corrected chi connectivity index (χ1v) is 11.3. The summed E-state index contributed by atoms with van der Waals surface area (Å²) in [5.74, 6) is -0.376. The predicted molar refractivity (Wildman–Crippen MR) is 133 cm³/mol. The summed E-state index contributed by atoms with van der Waals surface area (Å²) >= 11 is 3.20. The van der Waals surface area contributed by atoms with E-state index in [-0.39, 0.29) is 29.5 Å². The van der Waals surface area contributed by atoms with Gasteiger partial charge in [0.15, 0.2) is 5.75 Å². The molecule has 0 aliphatic carbocycles. The summed E-state index contributed by atoms with van der Waals surface area (Å²) in [5, 5.41) is 17.6. The van der Waals surface area contributed by atoms with Gasteiger partial charge in [-0.3, -0.25) is 10.1 Å². The number of fused-ring (bicyclic) bond motifs is 1. The second kappa shape index (κ2) is 9.98. The maximum Gasteiger partial charge on any atom is 0.408 e. The van der Waals surface area contributed by atoms with Crippen molar-refractivity contribution in [2.75, 3.05) is 11.9 Å². The number of hydrogen-bond acceptors (Lipinski definition) is 8. The van der Waals surface area contributed by atoms with E-state index in [1.54, 1.807) is 40.7 Å². The van der Waals surface area contributed by atoms with Gasteiger partial charge in [0.25, 0.3) is 0 Å². The zero-order valence-corrected chi connectivity index (χ0v) is 21.4. The van der Waals surface area contributed by atoms with E-state index in [1.807, 2.05) is 0 Å². The number of amides is 1. The van der Waals surface area contributed by atoms with Crippen LogP contribution in [0.2, 0.25) is 0 Å². The number of aromatic nitrogens is 2. The molecule has 0 radical (unpaired) electrons.